The molecular weight excluding hydrogens is 188 g/mol. The van der Waals surface area contributed by atoms with E-state index in [2.05, 4.69) is 12.2 Å². The van der Waals surface area contributed by atoms with Gasteiger partial charge in [-0.15, -0.1) is 0 Å². The molecule has 0 aromatic carbocycles. The number of carbonyl (C=O) groups is 1. The first-order valence-corrected chi connectivity index (χ1v) is 5.85. The lowest BCUT2D eigenvalue weighted by Crippen LogP contribution is -2.04. The number of cyclic esters (lactones) is 1. The lowest BCUT2D eigenvalue weighted by atomic mass is 10.1. The maximum atomic E-state index is 11.2. The molecule has 0 aromatic rings. The van der Waals surface area contributed by atoms with E-state index in [1.54, 1.807) is 0 Å². The van der Waals surface area contributed by atoms with Crippen molar-refractivity contribution in [2.24, 2.45) is 0 Å². The number of carbonyl (C=O) groups excluding carboxylic acids is 1. The number of esters is 1. The normalized spacial score (nSPS) is 24.9. The monoisotopic (exact) mass is 208 g/mol. The van der Waals surface area contributed by atoms with Gasteiger partial charge in [-0.25, -0.2) is 0 Å². The first-order valence-electron chi connectivity index (χ1n) is 5.85. The average Bonchev–Trinajstić information content (AvgIpc) is 2.24. The van der Waals surface area contributed by atoms with E-state index in [4.69, 9.17) is 4.74 Å². The second-order valence-electron chi connectivity index (χ2n) is 3.81. The van der Waals surface area contributed by atoms with E-state index in [-0.39, 0.29) is 5.97 Å². The number of rotatable bonds is 0. The van der Waals surface area contributed by atoms with E-state index >= 15 is 0 Å². The molecule has 0 unspecified atom stereocenters. The van der Waals surface area contributed by atoms with Crippen LogP contribution in [0, 0.1) is 0 Å². The van der Waals surface area contributed by atoms with Crippen LogP contribution in [0.5, 0.6) is 0 Å². The zero-order valence-electron chi connectivity index (χ0n) is 9.28. The minimum Gasteiger partial charge on any atom is -0.465 e. The van der Waals surface area contributed by atoms with Gasteiger partial charge in [0.05, 0.1) is 13.0 Å². The van der Waals surface area contributed by atoms with Gasteiger partial charge >= 0.3 is 5.97 Å². The predicted octanol–water partition coefficient (Wildman–Crippen LogP) is 3.39. The van der Waals surface area contributed by atoms with Crippen LogP contribution in [0.4, 0.5) is 0 Å². The highest BCUT2D eigenvalue weighted by molar-refractivity contribution is 5.71. The quantitative estimate of drug-likeness (QED) is 0.450. The Bertz CT molecular complexity index is 229. The minimum atomic E-state index is -0.104. The zero-order valence-corrected chi connectivity index (χ0v) is 9.28. The van der Waals surface area contributed by atoms with Gasteiger partial charge in [0, 0.05) is 0 Å². The number of hydrogen-bond acceptors (Lipinski definition) is 2. The van der Waals surface area contributed by atoms with Crippen molar-refractivity contribution in [3.05, 3.63) is 24.3 Å². The zero-order chi connectivity index (χ0) is 10.8. The second kappa shape index (κ2) is 8.27. The summed E-state index contributed by atoms with van der Waals surface area (Å²) in [5.41, 5.74) is 0. The summed E-state index contributed by atoms with van der Waals surface area (Å²) in [6.07, 6.45) is 15.4. The third-order valence-electron chi connectivity index (χ3n) is 2.42. The van der Waals surface area contributed by atoms with Crippen LogP contribution in [-0.4, -0.2) is 12.6 Å². The molecule has 0 saturated carbocycles. The fourth-order valence-electron chi connectivity index (χ4n) is 1.53. The molecule has 15 heavy (non-hydrogen) atoms. The largest absolute Gasteiger partial charge is 0.465 e. The van der Waals surface area contributed by atoms with Crippen molar-refractivity contribution in [1.29, 1.82) is 0 Å². The third-order valence-corrected chi connectivity index (χ3v) is 2.42. The van der Waals surface area contributed by atoms with Crippen molar-refractivity contribution in [2.75, 3.05) is 6.61 Å². The topological polar surface area (TPSA) is 26.3 Å². The van der Waals surface area contributed by atoms with Crippen molar-refractivity contribution in [3.63, 3.8) is 0 Å². The predicted molar refractivity (Wildman–Crippen MR) is 61.6 cm³/mol. The first kappa shape index (κ1) is 12.0. The molecule has 0 spiro atoms. The summed E-state index contributed by atoms with van der Waals surface area (Å²) < 4.78 is 5.08. The van der Waals surface area contributed by atoms with Crippen molar-refractivity contribution >= 4 is 5.97 Å². The molecule has 0 aliphatic carbocycles. The molecule has 1 heterocycles. The van der Waals surface area contributed by atoms with Gasteiger partial charge < -0.3 is 4.74 Å². The summed E-state index contributed by atoms with van der Waals surface area (Å²) >= 11 is 0. The summed E-state index contributed by atoms with van der Waals surface area (Å²) in [4.78, 5) is 11.2. The lowest BCUT2D eigenvalue weighted by molar-refractivity contribution is -0.142. The van der Waals surface area contributed by atoms with Crippen LogP contribution in [0.3, 0.4) is 0 Å². The molecule has 0 radical (unpaired) electrons. The Labute approximate surface area is 92.0 Å². The summed E-state index contributed by atoms with van der Waals surface area (Å²) in [6.45, 7) is 0.586. The van der Waals surface area contributed by atoms with E-state index < -0.39 is 0 Å². The Hall–Kier alpha value is -1.05. The van der Waals surface area contributed by atoms with Crippen molar-refractivity contribution in [1.82, 2.24) is 0 Å². The van der Waals surface area contributed by atoms with Gasteiger partial charge in [-0.1, -0.05) is 37.1 Å². The molecule has 1 rings (SSSR count). The van der Waals surface area contributed by atoms with E-state index in [0.29, 0.717) is 13.0 Å². The maximum absolute atomic E-state index is 11.2. The van der Waals surface area contributed by atoms with Crippen molar-refractivity contribution in [3.8, 4) is 0 Å². The summed E-state index contributed by atoms with van der Waals surface area (Å²) in [7, 11) is 0. The average molecular weight is 208 g/mol. The Kier molecular flexibility index (Phi) is 6.63. The van der Waals surface area contributed by atoms with E-state index in [1.807, 2.05) is 12.2 Å². The van der Waals surface area contributed by atoms with Gasteiger partial charge in [-0.05, 0) is 25.7 Å². The van der Waals surface area contributed by atoms with E-state index in [9.17, 15) is 4.79 Å². The molecule has 84 valence electrons. The van der Waals surface area contributed by atoms with E-state index in [0.717, 1.165) is 19.3 Å². The molecule has 0 bridgehead atoms. The first-order chi connectivity index (χ1) is 7.39. The fraction of sp³-hybridized carbons (Fsp3) is 0.615. The molecule has 0 atom stereocenters. The van der Waals surface area contributed by atoms with Crippen LogP contribution >= 0.6 is 0 Å². The van der Waals surface area contributed by atoms with Crippen LogP contribution < -0.4 is 0 Å². The Morgan fingerprint density at radius 1 is 0.933 bits per heavy atom. The third kappa shape index (κ3) is 6.95. The fourth-order valence-corrected chi connectivity index (χ4v) is 1.53. The maximum Gasteiger partial charge on any atom is 0.309 e. The molecule has 0 fully saturated rings. The molecular formula is C13H20O2. The molecule has 0 saturated heterocycles. The Morgan fingerprint density at radius 3 is 2.67 bits per heavy atom. The highest BCUT2D eigenvalue weighted by Gasteiger charge is 1.99. The van der Waals surface area contributed by atoms with Gasteiger partial charge in [0.25, 0.3) is 0 Å². The molecule has 2 heteroatoms. The van der Waals surface area contributed by atoms with Crippen molar-refractivity contribution in [2.45, 2.75) is 44.9 Å². The Morgan fingerprint density at radius 2 is 1.73 bits per heavy atom. The van der Waals surface area contributed by atoms with Crippen molar-refractivity contribution < 1.29 is 9.53 Å². The van der Waals surface area contributed by atoms with Gasteiger partial charge in [0.15, 0.2) is 0 Å². The number of allylic oxidation sites excluding steroid dienone is 3. The smallest absolute Gasteiger partial charge is 0.309 e. The Balaban J connectivity index is 2.30. The second-order valence-corrected chi connectivity index (χ2v) is 3.81. The molecule has 0 N–H and O–H groups in total. The molecule has 0 amide bonds. The number of ether oxygens (including phenoxy) is 1. The summed E-state index contributed by atoms with van der Waals surface area (Å²) in [5, 5.41) is 0. The van der Waals surface area contributed by atoms with Crippen LogP contribution in [0.15, 0.2) is 24.3 Å². The summed E-state index contributed by atoms with van der Waals surface area (Å²) in [5.74, 6) is -0.104. The van der Waals surface area contributed by atoms with Gasteiger partial charge in [0.2, 0.25) is 0 Å². The van der Waals surface area contributed by atoms with Crippen LogP contribution in [-0.2, 0) is 9.53 Å². The summed E-state index contributed by atoms with van der Waals surface area (Å²) in [6, 6.07) is 0. The van der Waals surface area contributed by atoms with Crippen LogP contribution in [0.2, 0.25) is 0 Å². The molecule has 1 aliphatic rings. The van der Waals surface area contributed by atoms with Gasteiger partial charge in [0.1, 0.15) is 0 Å². The van der Waals surface area contributed by atoms with Gasteiger partial charge in [-0.2, -0.15) is 0 Å². The standard InChI is InChI=1S/C13H20O2/c14-13-11-9-7-5-3-1-2-4-6-8-10-12-15-13/h1,3,7,9H,2,4-6,8,10-12H2/b3-1-,9-7-. The minimum absolute atomic E-state index is 0.104. The number of hydrogen-bond donors (Lipinski definition) is 0. The highest BCUT2D eigenvalue weighted by atomic mass is 16.5. The van der Waals surface area contributed by atoms with E-state index in [1.165, 1.54) is 19.3 Å². The SMILES string of the molecule is O=C1C/C=C\C/C=C\CCCCCCO1. The highest BCUT2D eigenvalue weighted by Crippen LogP contribution is 2.05. The molecule has 2 nitrogen and oxygen atoms in total. The van der Waals surface area contributed by atoms with Gasteiger partial charge in [-0.3, -0.25) is 4.79 Å². The van der Waals surface area contributed by atoms with Crippen LogP contribution in [0.25, 0.3) is 0 Å². The van der Waals surface area contributed by atoms with Crippen LogP contribution in [0.1, 0.15) is 44.9 Å². The lowest BCUT2D eigenvalue weighted by Gasteiger charge is -2.03. The molecule has 1 aliphatic heterocycles. The molecule has 0 aromatic heterocycles.